The lowest BCUT2D eigenvalue weighted by atomic mass is 10.0. The topological polar surface area (TPSA) is 61.4 Å². The van der Waals surface area contributed by atoms with Crippen LogP contribution in [0.2, 0.25) is 0 Å². The highest BCUT2D eigenvalue weighted by Crippen LogP contribution is 2.11. The van der Waals surface area contributed by atoms with Crippen molar-refractivity contribution in [1.29, 1.82) is 0 Å². The van der Waals surface area contributed by atoms with Gasteiger partial charge in [0.15, 0.2) is 0 Å². The van der Waals surface area contributed by atoms with Gasteiger partial charge < -0.3 is 15.7 Å². The Balaban J connectivity index is 1.82. The van der Waals surface area contributed by atoms with Gasteiger partial charge in [-0.1, -0.05) is 54.6 Å². The number of amides is 1. The van der Waals surface area contributed by atoms with E-state index in [1.165, 1.54) is 16.7 Å². The van der Waals surface area contributed by atoms with Crippen LogP contribution < -0.4 is 10.6 Å². The fraction of sp³-hybridized carbons (Fsp3) is 0.316. The molecule has 0 fully saturated rings. The molecular weight excluding hydrogens is 288 g/mol. The van der Waals surface area contributed by atoms with Crippen molar-refractivity contribution in [1.82, 2.24) is 10.6 Å². The molecule has 1 atom stereocenters. The number of carbonyl (C=O) groups excluding carboxylic acids is 1. The van der Waals surface area contributed by atoms with Gasteiger partial charge in [0.2, 0.25) is 5.91 Å². The standard InChI is InChI=1S/C19H24N2O2/c1-20-19(23)18(14-22)21-12-11-15-7-9-17(10-8-15)13-16-5-3-2-4-6-16/h2-10,18,21-22H,11-14H2,1H3,(H,20,23)/t18-/m0/s1. The monoisotopic (exact) mass is 312 g/mol. The summed E-state index contributed by atoms with van der Waals surface area (Å²) in [6, 6.07) is 18.4. The highest BCUT2D eigenvalue weighted by atomic mass is 16.3. The SMILES string of the molecule is CNC(=O)[C@H](CO)NCCc1ccc(Cc2ccccc2)cc1. The van der Waals surface area contributed by atoms with Gasteiger partial charge in [-0.05, 0) is 36.1 Å². The molecule has 2 aromatic carbocycles. The molecule has 4 nitrogen and oxygen atoms in total. The van der Waals surface area contributed by atoms with E-state index in [0.29, 0.717) is 6.54 Å². The van der Waals surface area contributed by atoms with Crippen LogP contribution in [0, 0.1) is 0 Å². The molecule has 0 heterocycles. The van der Waals surface area contributed by atoms with Gasteiger partial charge in [-0.25, -0.2) is 0 Å². The molecule has 3 N–H and O–H groups in total. The van der Waals surface area contributed by atoms with Crippen LogP contribution in [-0.4, -0.2) is 37.3 Å². The molecule has 0 aliphatic carbocycles. The summed E-state index contributed by atoms with van der Waals surface area (Å²) in [7, 11) is 1.57. The number of likely N-dealkylation sites (N-methyl/N-ethyl adjacent to an activating group) is 1. The minimum Gasteiger partial charge on any atom is -0.394 e. The molecule has 2 rings (SSSR count). The lowest BCUT2D eigenvalue weighted by Gasteiger charge is -2.14. The fourth-order valence-corrected chi connectivity index (χ4v) is 2.46. The van der Waals surface area contributed by atoms with Gasteiger partial charge in [0.25, 0.3) is 0 Å². The molecule has 0 saturated carbocycles. The summed E-state index contributed by atoms with van der Waals surface area (Å²) in [5.74, 6) is -0.189. The Morgan fingerprint density at radius 1 is 1.00 bits per heavy atom. The predicted octanol–water partition coefficient (Wildman–Crippen LogP) is 1.52. The second-order valence-corrected chi connectivity index (χ2v) is 5.53. The van der Waals surface area contributed by atoms with E-state index >= 15 is 0 Å². The highest BCUT2D eigenvalue weighted by molar-refractivity contribution is 5.81. The average Bonchev–Trinajstić information content (AvgIpc) is 2.60. The summed E-state index contributed by atoms with van der Waals surface area (Å²) in [6.07, 6.45) is 1.75. The van der Waals surface area contributed by atoms with E-state index < -0.39 is 6.04 Å². The van der Waals surface area contributed by atoms with Crippen LogP contribution in [0.25, 0.3) is 0 Å². The molecule has 0 aliphatic rings. The third kappa shape index (κ3) is 5.51. The highest BCUT2D eigenvalue weighted by Gasteiger charge is 2.14. The summed E-state index contributed by atoms with van der Waals surface area (Å²) in [6.45, 7) is 0.451. The van der Waals surface area contributed by atoms with Crippen molar-refractivity contribution in [3.63, 3.8) is 0 Å². The summed E-state index contributed by atoms with van der Waals surface area (Å²) >= 11 is 0. The number of hydrogen-bond acceptors (Lipinski definition) is 3. The van der Waals surface area contributed by atoms with Crippen molar-refractivity contribution in [2.24, 2.45) is 0 Å². The molecule has 4 heteroatoms. The first-order valence-electron chi connectivity index (χ1n) is 7.90. The molecule has 0 aliphatic heterocycles. The Morgan fingerprint density at radius 2 is 1.61 bits per heavy atom. The van der Waals surface area contributed by atoms with Gasteiger partial charge in [-0.3, -0.25) is 4.79 Å². The molecular formula is C19H24N2O2. The Bertz CT molecular complexity index is 597. The molecule has 23 heavy (non-hydrogen) atoms. The van der Waals surface area contributed by atoms with E-state index in [1.54, 1.807) is 7.05 Å². The summed E-state index contributed by atoms with van der Waals surface area (Å²) < 4.78 is 0. The van der Waals surface area contributed by atoms with E-state index in [9.17, 15) is 9.90 Å². The zero-order valence-electron chi connectivity index (χ0n) is 13.5. The van der Waals surface area contributed by atoms with Gasteiger partial charge in [0.05, 0.1) is 6.61 Å². The summed E-state index contributed by atoms with van der Waals surface area (Å²) in [4.78, 5) is 11.5. The molecule has 1 amide bonds. The number of nitrogens with one attached hydrogen (secondary N) is 2. The average molecular weight is 312 g/mol. The third-order valence-electron chi connectivity index (χ3n) is 3.82. The quantitative estimate of drug-likeness (QED) is 0.692. The maximum absolute atomic E-state index is 11.5. The van der Waals surface area contributed by atoms with Gasteiger partial charge in [0.1, 0.15) is 6.04 Å². The van der Waals surface area contributed by atoms with E-state index in [2.05, 4.69) is 59.2 Å². The lowest BCUT2D eigenvalue weighted by molar-refractivity contribution is -0.123. The molecule has 122 valence electrons. The zero-order valence-corrected chi connectivity index (χ0v) is 13.5. The minimum absolute atomic E-state index is 0.189. The Morgan fingerprint density at radius 3 is 2.22 bits per heavy atom. The maximum Gasteiger partial charge on any atom is 0.239 e. The smallest absolute Gasteiger partial charge is 0.239 e. The van der Waals surface area contributed by atoms with Crippen LogP contribution in [-0.2, 0) is 17.6 Å². The van der Waals surface area contributed by atoms with Crippen molar-refractivity contribution in [2.75, 3.05) is 20.2 Å². The van der Waals surface area contributed by atoms with Crippen molar-refractivity contribution in [3.8, 4) is 0 Å². The molecule has 0 saturated heterocycles. The molecule has 0 spiro atoms. The minimum atomic E-state index is -0.544. The van der Waals surface area contributed by atoms with E-state index in [4.69, 9.17) is 0 Å². The number of benzene rings is 2. The second kappa shape index (κ2) is 9.08. The van der Waals surface area contributed by atoms with Gasteiger partial charge in [-0.15, -0.1) is 0 Å². The Hall–Kier alpha value is -2.17. The number of aliphatic hydroxyl groups is 1. The Labute approximate surface area is 137 Å². The zero-order chi connectivity index (χ0) is 16.5. The van der Waals surface area contributed by atoms with Crippen LogP contribution >= 0.6 is 0 Å². The first kappa shape index (κ1) is 17.2. The normalized spacial score (nSPS) is 11.9. The molecule has 0 radical (unpaired) electrons. The summed E-state index contributed by atoms with van der Waals surface area (Å²) in [5.41, 5.74) is 3.80. The summed E-state index contributed by atoms with van der Waals surface area (Å²) in [5, 5.41) is 14.8. The van der Waals surface area contributed by atoms with E-state index in [-0.39, 0.29) is 12.5 Å². The number of hydrogen-bond donors (Lipinski definition) is 3. The van der Waals surface area contributed by atoms with Crippen molar-refractivity contribution in [2.45, 2.75) is 18.9 Å². The van der Waals surface area contributed by atoms with Gasteiger partial charge >= 0.3 is 0 Å². The Kier molecular flexibility index (Phi) is 6.78. The largest absolute Gasteiger partial charge is 0.394 e. The van der Waals surface area contributed by atoms with Crippen LogP contribution in [0.3, 0.4) is 0 Å². The van der Waals surface area contributed by atoms with Crippen LogP contribution in [0.15, 0.2) is 54.6 Å². The molecule has 2 aromatic rings. The van der Waals surface area contributed by atoms with E-state index in [0.717, 1.165) is 12.8 Å². The maximum atomic E-state index is 11.5. The van der Waals surface area contributed by atoms with E-state index in [1.807, 2.05) is 6.07 Å². The van der Waals surface area contributed by atoms with Crippen molar-refractivity contribution in [3.05, 3.63) is 71.3 Å². The van der Waals surface area contributed by atoms with Crippen LogP contribution in [0.1, 0.15) is 16.7 Å². The van der Waals surface area contributed by atoms with Crippen molar-refractivity contribution >= 4 is 5.91 Å². The van der Waals surface area contributed by atoms with Gasteiger partial charge in [0, 0.05) is 7.05 Å². The fourth-order valence-electron chi connectivity index (χ4n) is 2.46. The first-order chi connectivity index (χ1) is 11.2. The lowest BCUT2D eigenvalue weighted by Crippen LogP contribution is -2.46. The number of aliphatic hydroxyl groups excluding tert-OH is 1. The first-order valence-corrected chi connectivity index (χ1v) is 7.90. The molecule has 0 unspecified atom stereocenters. The van der Waals surface area contributed by atoms with Gasteiger partial charge in [-0.2, -0.15) is 0 Å². The van der Waals surface area contributed by atoms with Crippen LogP contribution in [0.4, 0.5) is 0 Å². The number of rotatable bonds is 8. The molecule has 0 aromatic heterocycles. The van der Waals surface area contributed by atoms with Crippen LogP contribution in [0.5, 0.6) is 0 Å². The molecule has 0 bridgehead atoms. The third-order valence-corrected chi connectivity index (χ3v) is 3.82. The van der Waals surface area contributed by atoms with Crippen molar-refractivity contribution < 1.29 is 9.90 Å². The predicted molar refractivity (Wildman–Crippen MR) is 92.3 cm³/mol. The second-order valence-electron chi connectivity index (χ2n) is 5.53. The number of carbonyl (C=O) groups is 1.